The Morgan fingerprint density at radius 2 is 1.88 bits per heavy atom. The van der Waals surface area contributed by atoms with Crippen LogP contribution in [0, 0.1) is 5.82 Å². The van der Waals surface area contributed by atoms with Crippen molar-refractivity contribution in [3.05, 3.63) is 53.3 Å². The van der Waals surface area contributed by atoms with E-state index in [1.165, 1.54) is 6.07 Å². The molecule has 0 saturated heterocycles. The van der Waals surface area contributed by atoms with Gasteiger partial charge in [-0.15, -0.1) is 0 Å². The maximum Gasteiger partial charge on any atom is 0.242 e. The van der Waals surface area contributed by atoms with Gasteiger partial charge in [-0.1, -0.05) is 23.7 Å². The summed E-state index contributed by atoms with van der Waals surface area (Å²) in [6.07, 6.45) is 0.421. The summed E-state index contributed by atoms with van der Waals surface area (Å²) in [6.45, 7) is 0.421. The largest absolute Gasteiger partial charge is 0.493 e. The van der Waals surface area contributed by atoms with Gasteiger partial charge in [0.25, 0.3) is 0 Å². The molecule has 130 valence electrons. The molecule has 24 heavy (non-hydrogen) atoms. The number of benzene rings is 2. The minimum absolute atomic E-state index is 0.0332. The molecule has 0 aliphatic rings. The Kier molecular flexibility index (Phi) is 6.42. The van der Waals surface area contributed by atoms with Gasteiger partial charge in [-0.05, 0) is 36.8 Å². The first-order valence-corrected chi connectivity index (χ1v) is 9.00. The van der Waals surface area contributed by atoms with Gasteiger partial charge in [-0.25, -0.2) is 17.5 Å². The molecule has 0 atom stereocenters. The molecule has 0 aromatic heterocycles. The van der Waals surface area contributed by atoms with E-state index in [0.29, 0.717) is 24.5 Å². The van der Waals surface area contributed by atoms with Crippen LogP contribution in [-0.4, -0.2) is 28.7 Å². The van der Waals surface area contributed by atoms with E-state index in [9.17, 15) is 12.8 Å². The molecule has 0 heterocycles. The molecule has 0 aliphatic carbocycles. The third kappa shape index (κ3) is 4.83. The van der Waals surface area contributed by atoms with E-state index in [4.69, 9.17) is 21.1 Å². The first kappa shape index (κ1) is 18.5. The van der Waals surface area contributed by atoms with Crippen LogP contribution in [0.25, 0.3) is 0 Å². The fraction of sp³-hybridized carbons (Fsp3) is 0.250. The van der Waals surface area contributed by atoms with Crippen molar-refractivity contribution in [2.45, 2.75) is 11.3 Å². The molecule has 2 aromatic carbocycles. The Bertz CT molecular complexity index is 798. The molecule has 0 aliphatic heterocycles. The van der Waals surface area contributed by atoms with Crippen LogP contribution in [0.1, 0.15) is 6.42 Å². The normalized spacial score (nSPS) is 11.3. The second-order valence-corrected chi connectivity index (χ2v) is 6.97. The average molecular weight is 374 g/mol. The summed E-state index contributed by atoms with van der Waals surface area (Å²) in [6, 6.07) is 10.4. The van der Waals surface area contributed by atoms with Crippen LogP contribution in [0.2, 0.25) is 5.02 Å². The van der Waals surface area contributed by atoms with E-state index < -0.39 is 15.8 Å². The molecule has 2 rings (SSSR count). The van der Waals surface area contributed by atoms with E-state index in [-0.39, 0.29) is 16.5 Å². The number of rotatable bonds is 8. The number of hydrogen-bond donors (Lipinski definition) is 1. The Morgan fingerprint density at radius 3 is 2.58 bits per heavy atom. The zero-order valence-electron chi connectivity index (χ0n) is 13.0. The quantitative estimate of drug-likeness (QED) is 0.721. The highest BCUT2D eigenvalue weighted by Crippen LogP contribution is 2.26. The van der Waals surface area contributed by atoms with Crippen molar-refractivity contribution < 1.29 is 22.3 Å². The molecule has 0 spiro atoms. The summed E-state index contributed by atoms with van der Waals surface area (Å²) >= 11 is 5.81. The van der Waals surface area contributed by atoms with Crippen molar-refractivity contribution in [2.24, 2.45) is 0 Å². The number of methoxy groups -OCH3 is 1. The van der Waals surface area contributed by atoms with E-state index in [1.807, 2.05) is 12.1 Å². The van der Waals surface area contributed by atoms with Crippen LogP contribution >= 0.6 is 11.6 Å². The molecular weight excluding hydrogens is 357 g/mol. The number of sulfonamides is 1. The number of hydrogen-bond acceptors (Lipinski definition) is 4. The van der Waals surface area contributed by atoms with Gasteiger partial charge in [0.05, 0.1) is 18.7 Å². The lowest BCUT2D eigenvalue weighted by molar-refractivity contribution is 0.290. The highest BCUT2D eigenvalue weighted by atomic mass is 35.5. The molecule has 0 saturated carbocycles. The number of halogens is 2. The average Bonchev–Trinajstić information content (AvgIpc) is 2.57. The van der Waals surface area contributed by atoms with Crippen LogP contribution in [-0.2, 0) is 10.0 Å². The fourth-order valence-corrected chi connectivity index (χ4v) is 3.54. The van der Waals surface area contributed by atoms with Crippen LogP contribution in [0.3, 0.4) is 0 Å². The fourth-order valence-electron chi connectivity index (χ4n) is 1.96. The Hall–Kier alpha value is -1.83. The molecule has 0 bridgehead atoms. The van der Waals surface area contributed by atoms with E-state index in [0.717, 1.165) is 12.1 Å². The molecule has 5 nitrogen and oxygen atoms in total. The lowest BCUT2D eigenvalue weighted by Gasteiger charge is -2.11. The smallest absolute Gasteiger partial charge is 0.242 e. The maximum atomic E-state index is 13.2. The monoisotopic (exact) mass is 373 g/mol. The summed E-state index contributed by atoms with van der Waals surface area (Å²) in [5, 5.41) is -0.0332. The second-order valence-electron chi connectivity index (χ2n) is 4.83. The standard InChI is InChI=1S/C16H17ClFNO4S/c1-22-14-5-2-3-6-15(14)23-10-4-9-19-24(20,21)16-11-12(18)7-8-13(16)17/h2-3,5-8,11,19H,4,9-10H2,1H3. The van der Waals surface area contributed by atoms with Gasteiger partial charge < -0.3 is 9.47 Å². The molecule has 0 unspecified atom stereocenters. The Morgan fingerprint density at radius 1 is 1.17 bits per heavy atom. The third-order valence-corrected chi connectivity index (χ3v) is 5.07. The van der Waals surface area contributed by atoms with Gasteiger partial charge in [0.15, 0.2) is 11.5 Å². The number of para-hydroxylation sites is 2. The molecule has 0 amide bonds. The van der Waals surface area contributed by atoms with Gasteiger partial charge in [0, 0.05) is 6.54 Å². The summed E-state index contributed by atoms with van der Waals surface area (Å²) in [7, 11) is -2.33. The summed E-state index contributed by atoms with van der Waals surface area (Å²) in [5.41, 5.74) is 0. The minimum atomic E-state index is -3.87. The van der Waals surface area contributed by atoms with Gasteiger partial charge in [-0.2, -0.15) is 0 Å². The summed E-state index contributed by atoms with van der Waals surface area (Å²) < 4.78 is 50.5. The zero-order valence-corrected chi connectivity index (χ0v) is 14.5. The van der Waals surface area contributed by atoms with Crippen molar-refractivity contribution in [2.75, 3.05) is 20.3 Å². The zero-order chi connectivity index (χ0) is 17.6. The van der Waals surface area contributed by atoms with E-state index in [2.05, 4.69) is 4.72 Å². The lowest BCUT2D eigenvalue weighted by Crippen LogP contribution is -2.26. The lowest BCUT2D eigenvalue weighted by atomic mass is 10.3. The predicted molar refractivity (Wildman–Crippen MR) is 89.7 cm³/mol. The molecule has 1 N–H and O–H groups in total. The van der Waals surface area contributed by atoms with Crippen LogP contribution in [0.4, 0.5) is 4.39 Å². The molecular formula is C16H17ClFNO4S. The number of ether oxygens (including phenoxy) is 2. The van der Waals surface area contributed by atoms with Gasteiger partial charge in [-0.3, -0.25) is 0 Å². The number of nitrogens with one attached hydrogen (secondary N) is 1. The van der Waals surface area contributed by atoms with Crippen molar-refractivity contribution in [1.29, 1.82) is 0 Å². The summed E-state index contributed by atoms with van der Waals surface area (Å²) in [5.74, 6) is 0.514. The van der Waals surface area contributed by atoms with Crippen LogP contribution in [0.5, 0.6) is 11.5 Å². The summed E-state index contributed by atoms with van der Waals surface area (Å²) in [4.78, 5) is -0.283. The third-order valence-electron chi connectivity index (χ3n) is 3.12. The van der Waals surface area contributed by atoms with Crippen molar-refractivity contribution >= 4 is 21.6 Å². The Balaban J connectivity index is 1.86. The molecule has 0 radical (unpaired) electrons. The van der Waals surface area contributed by atoms with Crippen LogP contribution < -0.4 is 14.2 Å². The van der Waals surface area contributed by atoms with E-state index >= 15 is 0 Å². The molecule has 8 heteroatoms. The SMILES string of the molecule is COc1ccccc1OCCCNS(=O)(=O)c1cc(F)ccc1Cl. The highest BCUT2D eigenvalue weighted by Gasteiger charge is 2.18. The first-order chi connectivity index (χ1) is 11.4. The van der Waals surface area contributed by atoms with Crippen molar-refractivity contribution in [1.82, 2.24) is 4.72 Å². The van der Waals surface area contributed by atoms with Gasteiger partial charge >= 0.3 is 0 Å². The second kappa shape index (κ2) is 8.32. The van der Waals surface area contributed by atoms with Gasteiger partial charge in [0.1, 0.15) is 10.7 Å². The van der Waals surface area contributed by atoms with Gasteiger partial charge in [0.2, 0.25) is 10.0 Å². The maximum absolute atomic E-state index is 13.2. The highest BCUT2D eigenvalue weighted by molar-refractivity contribution is 7.89. The molecule has 2 aromatic rings. The first-order valence-electron chi connectivity index (χ1n) is 7.14. The minimum Gasteiger partial charge on any atom is -0.493 e. The predicted octanol–water partition coefficient (Wildman–Crippen LogP) is 3.24. The Labute approximate surface area is 145 Å². The topological polar surface area (TPSA) is 64.6 Å². The van der Waals surface area contributed by atoms with Crippen molar-refractivity contribution in [3.63, 3.8) is 0 Å². The van der Waals surface area contributed by atoms with Crippen molar-refractivity contribution in [3.8, 4) is 11.5 Å². The van der Waals surface area contributed by atoms with Crippen LogP contribution in [0.15, 0.2) is 47.4 Å². The molecule has 0 fully saturated rings. The van der Waals surface area contributed by atoms with E-state index in [1.54, 1.807) is 19.2 Å².